The monoisotopic (exact) mass is 139 g/mol. The van der Waals surface area contributed by atoms with Gasteiger partial charge in [-0.25, -0.2) is 0 Å². The fraction of sp³-hybridized carbons (Fsp3) is 0.375. The number of rotatable bonds is 1. The van der Waals surface area contributed by atoms with Crippen LogP contribution < -0.4 is 0 Å². The summed E-state index contributed by atoms with van der Waals surface area (Å²) in [5.74, 6) is 0. The third-order valence-electron chi connectivity index (χ3n) is 1.19. The molecule has 0 spiro atoms. The van der Waals surface area contributed by atoms with Gasteiger partial charge in [-0.2, -0.15) is 0 Å². The average Bonchev–Trinajstić information content (AvgIpc) is 2.08. The van der Waals surface area contributed by atoms with E-state index < -0.39 is 0 Å². The third kappa shape index (κ3) is 1.55. The Balaban J connectivity index is 2.90. The molecule has 0 unspecified atom stereocenters. The predicted molar refractivity (Wildman–Crippen MR) is 42.7 cm³/mol. The van der Waals surface area contributed by atoms with E-state index in [0.29, 0.717) is 0 Å². The van der Waals surface area contributed by atoms with Crippen molar-refractivity contribution in [3.8, 4) is 0 Å². The molecule has 0 amide bonds. The molecule has 0 saturated heterocycles. The number of hydrogen-bond donors (Lipinski definition) is 0. The molecule has 0 aliphatic carbocycles. The van der Waals surface area contributed by atoms with Gasteiger partial charge in [0.2, 0.25) is 0 Å². The lowest BCUT2D eigenvalue weighted by Crippen LogP contribution is -2.08. The molecular formula is C8H11S. The van der Waals surface area contributed by atoms with E-state index in [-0.39, 0.29) is 5.41 Å². The van der Waals surface area contributed by atoms with Gasteiger partial charge in [0.1, 0.15) is 0 Å². The van der Waals surface area contributed by atoms with Crippen LogP contribution in [0.5, 0.6) is 0 Å². The molecule has 0 aromatic carbocycles. The Bertz CT molecular complexity index is 167. The van der Waals surface area contributed by atoms with Crippen molar-refractivity contribution in [3.05, 3.63) is 29.3 Å². The van der Waals surface area contributed by atoms with Crippen molar-refractivity contribution in [1.29, 1.82) is 0 Å². The van der Waals surface area contributed by atoms with Gasteiger partial charge in [-0.1, -0.05) is 19.9 Å². The Morgan fingerprint density at radius 2 is 2.22 bits per heavy atom. The molecule has 49 valence electrons. The molecule has 1 rings (SSSR count). The van der Waals surface area contributed by atoms with Gasteiger partial charge in [0.15, 0.2) is 0 Å². The molecule has 9 heavy (non-hydrogen) atoms. The lowest BCUT2D eigenvalue weighted by atomic mass is 9.95. The van der Waals surface area contributed by atoms with Gasteiger partial charge in [-0.15, -0.1) is 11.3 Å². The third-order valence-corrected chi connectivity index (χ3v) is 2.42. The molecule has 1 aromatic rings. The van der Waals surface area contributed by atoms with E-state index >= 15 is 0 Å². The van der Waals surface area contributed by atoms with Gasteiger partial charge in [-0.3, -0.25) is 0 Å². The molecule has 1 heteroatoms. The van der Waals surface area contributed by atoms with Crippen molar-refractivity contribution < 1.29 is 0 Å². The molecule has 0 saturated carbocycles. The zero-order valence-electron chi connectivity index (χ0n) is 5.85. The highest BCUT2D eigenvalue weighted by Gasteiger charge is 2.13. The maximum Gasteiger partial charge on any atom is 0.0101 e. The molecule has 0 N–H and O–H groups in total. The molecule has 1 heterocycles. The van der Waals surface area contributed by atoms with Crippen LogP contribution >= 0.6 is 11.3 Å². The van der Waals surface area contributed by atoms with Gasteiger partial charge in [0.25, 0.3) is 0 Å². The fourth-order valence-corrected chi connectivity index (χ4v) is 1.44. The standard InChI is InChI=1S/C8H11S/c1-8(2,3)7-5-4-6-9-7/h4-6H,1H2,2-3H3. The van der Waals surface area contributed by atoms with E-state index in [1.165, 1.54) is 4.88 Å². The largest absolute Gasteiger partial charge is 0.148 e. The molecular weight excluding hydrogens is 128 g/mol. The van der Waals surface area contributed by atoms with Crippen LogP contribution in [0.25, 0.3) is 0 Å². The molecule has 0 atom stereocenters. The quantitative estimate of drug-likeness (QED) is 0.561. The Labute approximate surface area is 60.5 Å². The van der Waals surface area contributed by atoms with Crippen molar-refractivity contribution in [2.45, 2.75) is 19.3 Å². The van der Waals surface area contributed by atoms with Crippen molar-refractivity contribution in [2.24, 2.45) is 0 Å². The van der Waals surface area contributed by atoms with Crippen molar-refractivity contribution in [1.82, 2.24) is 0 Å². The smallest absolute Gasteiger partial charge is 0.0101 e. The summed E-state index contributed by atoms with van der Waals surface area (Å²) in [7, 11) is 0. The van der Waals surface area contributed by atoms with Crippen LogP contribution in [0.15, 0.2) is 17.5 Å². The summed E-state index contributed by atoms with van der Waals surface area (Å²) in [4.78, 5) is 1.35. The Kier molecular flexibility index (Phi) is 1.62. The van der Waals surface area contributed by atoms with Crippen LogP contribution in [0.4, 0.5) is 0 Å². The van der Waals surface area contributed by atoms with E-state index in [1.54, 1.807) is 11.3 Å². The first-order chi connectivity index (χ1) is 4.11. The Morgan fingerprint density at radius 1 is 1.56 bits per heavy atom. The molecule has 0 aliphatic rings. The number of thiophene rings is 1. The van der Waals surface area contributed by atoms with Crippen LogP contribution in [0, 0.1) is 6.92 Å². The van der Waals surface area contributed by atoms with Gasteiger partial charge >= 0.3 is 0 Å². The maximum atomic E-state index is 4.02. The zero-order valence-corrected chi connectivity index (χ0v) is 6.66. The lowest BCUT2D eigenvalue weighted by molar-refractivity contribution is 0.681. The van der Waals surface area contributed by atoms with E-state index in [1.807, 2.05) is 0 Å². The minimum Gasteiger partial charge on any atom is -0.148 e. The maximum absolute atomic E-state index is 4.02. The molecule has 0 bridgehead atoms. The molecule has 0 nitrogen and oxygen atoms in total. The normalized spacial score (nSPS) is 11.9. The molecule has 0 aliphatic heterocycles. The summed E-state index contributed by atoms with van der Waals surface area (Å²) in [5, 5.41) is 2.09. The minimum atomic E-state index is 0.0914. The minimum absolute atomic E-state index is 0.0914. The van der Waals surface area contributed by atoms with Crippen molar-refractivity contribution >= 4 is 11.3 Å². The van der Waals surface area contributed by atoms with Crippen LogP contribution in [-0.4, -0.2) is 0 Å². The SMILES string of the molecule is [CH2]C(C)(C)c1cccs1. The second kappa shape index (κ2) is 2.14. The van der Waals surface area contributed by atoms with E-state index in [4.69, 9.17) is 0 Å². The fourth-order valence-electron chi connectivity index (χ4n) is 0.664. The summed E-state index contributed by atoms with van der Waals surface area (Å²) in [5.41, 5.74) is 0.0914. The first-order valence-corrected chi connectivity index (χ1v) is 3.88. The van der Waals surface area contributed by atoms with Crippen LogP contribution in [0.2, 0.25) is 0 Å². The number of hydrogen-bond acceptors (Lipinski definition) is 1. The highest BCUT2D eigenvalue weighted by atomic mass is 32.1. The molecule has 1 radical (unpaired) electrons. The summed E-state index contributed by atoms with van der Waals surface area (Å²) in [6.07, 6.45) is 0. The van der Waals surface area contributed by atoms with E-state index in [2.05, 4.69) is 38.3 Å². The second-order valence-corrected chi connectivity index (χ2v) is 3.81. The molecule has 1 aromatic heterocycles. The first kappa shape index (κ1) is 6.81. The van der Waals surface area contributed by atoms with Gasteiger partial charge < -0.3 is 0 Å². The van der Waals surface area contributed by atoms with Crippen molar-refractivity contribution in [2.75, 3.05) is 0 Å². The second-order valence-electron chi connectivity index (χ2n) is 2.86. The van der Waals surface area contributed by atoms with Crippen LogP contribution in [0.1, 0.15) is 18.7 Å². The van der Waals surface area contributed by atoms with Gasteiger partial charge in [-0.05, 0) is 23.8 Å². The summed E-state index contributed by atoms with van der Waals surface area (Å²) < 4.78 is 0. The zero-order chi connectivity index (χ0) is 6.91. The van der Waals surface area contributed by atoms with Gasteiger partial charge in [0, 0.05) is 4.88 Å². The Morgan fingerprint density at radius 3 is 2.44 bits per heavy atom. The van der Waals surface area contributed by atoms with Gasteiger partial charge in [0.05, 0.1) is 0 Å². The highest BCUT2D eigenvalue weighted by Crippen LogP contribution is 2.25. The Hall–Kier alpha value is -0.300. The van der Waals surface area contributed by atoms with Crippen LogP contribution in [0.3, 0.4) is 0 Å². The highest BCUT2D eigenvalue weighted by molar-refractivity contribution is 7.10. The van der Waals surface area contributed by atoms with Crippen LogP contribution in [-0.2, 0) is 5.41 Å². The summed E-state index contributed by atoms with van der Waals surface area (Å²) >= 11 is 1.77. The average molecular weight is 139 g/mol. The summed E-state index contributed by atoms with van der Waals surface area (Å²) in [6.45, 7) is 8.27. The topological polar surface area (TPSA) is 0 Å². The first-order valence-electron chi connectivity index (χ1n) is 3.00. The summed E-state index contributed by atoms with van der Waals surface area (Å²) in [6, 6.07) is 4.19. The predicted octanol–water partition coefficient (Wildman–Crippen LogP) is 2.86. The van der Waals surface area contributed by atoms with E-state index in [0.717, 1.165) is 0 Å². The van der Waals surface area contributed by atoms with Crippen molar-refractivity contribution in [3.63, 3.8) is 0 Å². The van der Waals surface area contributed by atoms with E-state index in [9.17, 15) is 0 Å². The lowest BCUT2D eigenvalue weighted by Gasteiger charge is -2.14. The molecule has 0 fully saturated rings.